The van der Waals surface area contributed by atoms with Gasteiger partial charge in [0.15, 0.2) is 0 Å². The molecule has 2 unspecified atom stereocenters. The van der Waals surface area contributed by atoms with E-state index in [0.29, 0.717) is 12.8 Å². The molecule has 2 atom stereocenters. The highest BCUT2D eigenvalue weighted by Gasteiger charge is 2.36. The van der Waals surface area contributed by atoms with Crippen LogP contribution in [0.25, 0.3) is 0 Å². The fourth-order valence-electron chi connectivity index (χ4n) is 1.95. The van der Waals surface area contributed by atoms with E-state index in [4.69, 9.17) is 0 Å². The summed E-state index contributed by atoms with van der Waals surface area (Å²) in [7, 11) is 0. The molecule has 1 heterocycles. The minimum absolute atomic E-state index is 0.0780. The normalized spacial score (nSPS) is 21.2. The lowest BCUT2D eigenvalue weighted by Crippen LogP contribution is -2.59. The fraction of sp³-hybridized carbons (Fsp3) is 0.833. The molecule has 16 heavy (non-hydrogen) atoms. The smallest absolute Gasteiger partial charge is 0.241 e. The van der Waals surface area contributed by atoms with Crippen molar-refractivity contribution in [3.8, 4) is 0 Å². The maximum atomic E-state index is 11.9. The molecule has 0 saturated carbocycles. The summed E-state index contributed by atoms with van der Waals surface area (Å²) >= 11 is 0. The third kappa shape index (κ3) is 2.36. The molecular formula is C12H22N2O2. The van der Waals surface area contributed by atoms with Gasteiger partial charge >= 0.3 is 0 Å². The van der Waals surface area contributed by atoms with Gasteiger partial charge < -0.3 is 0 Å². The zero-order valence-corrected chi connectivity index (χ0v) is 10.7. The van der Waals surface area contributed by atoms with E-state index >= 15 is 0 Å². The van der Waals surface area contributed by atoms with Gasteiger partial charge in [-0.05, 0) is 26.7 Å². The van der Waals surface area contributed by atoms with Crippen LogP contribution in [0, 0.1) is 0 Å². The third-order valence-corrected chi connectivity index (χ3v) is 3.31. The van der Waals surface area contributed by atoms with Crippen molar-refractivity contribution in [1.82, 2.24) is 10.0 Å². The molecule has 1 saturated heterocycles. The van der Waals surface area contributed by atoms with Gasteiger partial charge in [-0.25, -0.2) is 10.0 Å². The summed E-state index contributed by atoms with van der Waals surface area (Å²) in [6.07, 6.45) is 2.45. The number of hydrazine groups is 1. The summed E-state index contributed by atoms with van der Waals surface area (Å²) in [6, 6.07) is 0.205. The fourth-order valence-corrected chi connectivity index (χ4v) is 1.95. The van der Waals surface area contributed by atoms with E-state index in [-0.39, 0.29) is 23.9 Å². The maximum absolute atomic E-state index is 11.9. The lowest BCUT2D eigenvalue weighted by molar-refractivity contribution is -0.181. The highest BCUT2D eigenvalue weighted by Crippen LogP contribution is 2.22. The summed E-state index contributed by atoms with van der Waals surface area (Å²) < 4.78 is 0. The predicted octanol–water partition coefficient (Wildman–Crippen LogP) is 1.95. The number of hydrogen-bond donors (Lipinski definition) is 0. The maximum Gasteiger partial charge on any atom is 0.241 e. The van der Waals surface area contributed by atoms with Gasteiger partial charge in [0.25, 0.3) is 0 Å². The van der Waals surface area contributed by atoms with E-state index in [2.05, 4.69) is 0 Å². The lowest BCUT2D eigenvalue weighted by Gasteiger charge is -2.44. The van der Waals surface area contributed by atoms with E-state index in [1.54, 1.807) is 10.0 Å². The number of carbonyl (C=O) groups is 2. The van der Waals surface area contributed by atoms with Gasteiger partial charge in [0.05, 0.1) is 12.1 Å². The van der Waals surface area contributed by atoms with E-state index in [1.807, 2.05) is 27.7 Å². The Balaban J connectivity index is 2.94. The summed E-state index contributed by atoms with van der Waals surface area (Å²) in [5.74, 6) is 0.156. The van der Waals surface area contributed by atoms with Gasteiger partial charge in [-0.1, -0.05) is 13.8 Å². The van der Waals surface area contributed by atoms with Crippen LogP contribution < -0.4 is 0 Å². The van der Waals surface area contributed by atoms with Crippen LogP contribution in [0.3, 0.4) is 0 Å². The molecule has 0 aromatic carbocycles. The van der Waals surface area contributed by atoms with E-state index in [0.717, 1.165) is 12.8 Å². The summed E-state index contributed by atoms with van der Waals surface area (Å²) in [5.41, 5.74) is 0. The quantitative estimate of drug-likeness (QED) is 0.735. The van der Waals surface area contributed by atoms with Crippen molar-refractivity contribution in [3.63, 3.8) is 0 Å². The van der Waals surface area contributed by atoms with Crippen molar-refractivity contribution in [2.24, 2.45) is 0 Å². The molecule has 92 valence electrons. The largest absolute Gasteiger partial charge is 0.273 e. The van der Waals surface area contributed by atoms with Gasteiger partial charge in [0.2, 0.25) is 11.8 Å². The van der Waals surface area contributed by atoms with E-state index < -0.39 is 0 Å². The van der Waals surface area contributed by atoms with Crippen molar-refractivity contribution in [2.45, 2.75) is 65.5 Å². The van der Waals surface area contributed by atoms with Crippen molar-refractivity contribution >= 4 is 11.8 Å². The minimum Gasteiger partial charge on any atom is -0.273 e. The number of nitrogens with zero attached hydrogens (tertiary/aromatic N) is 2. The topological polar surface area (TPSA) is 40.6 Å². The molecule has 0 bridgehead atoms. The Morgan fingerprint density at radius 1 is 0.938 bits per heavy atom. The molecule has 4 heteroatoms. The van der Waals surface area contributed by atoms with Gasteiger partial charge in [-0.15, -0.1) is 0 Å². The Kier molecular flexibility index (Phi) is 4.33. The van der Waals surface area contributed by atoms with Crippen LogP contribution in [0.4, 0.5) is 0 Å². The summed E-state index contributed by atoms with van der Waals surface area (Å²) in [4.78, 5) is 23.8. The lowest BCUT2D eigenvalue weighted by atomic mass is 10.1. The van der Waals surface area contributed by atoms with Crippen LogP contribution in [0.15, 0.2) is 0 Å². The van der Waals surface area contributed by atoms with Crippen LogP contribution in [-0.4, -0.2) is 33.9 Å². The standard InChI is InChI=1S/C12H22N2O2/c1-5-9(3)13-11(15)7-8-12(16)14(13)10(4)6-2/h9-10H,5-8H2,1-4H3. The number of carbonyl (C=O) groups excluding carboxylic acids is 2. The first-order chi connectivity index (χ1) is 7.52. The Labute approximate surface area is 97.6 Å². The third-order valence-electron chi connectivity index (χ3n) is 3.31. The molecule has 0 radical (unpaired) electrons. The van der Waals surface area contributed by atoms with Gasteiger partial charge in [0, 0.05) is 12.8 Å². The molecule has 0 spiro atoms. The zero-order valence-electron chi connectivity index (χ0n) is 10.7. The second-order valence-electron chi connectivity index (χ2n) is 4.49. The second-order valence-corrected chi connectivity index (χ2v) is 4.49. The monoisotopic (exact) mass is 226 g/mol. The first-order valence-electron chi connectivity index (χ1n) is 6.16. The zero-order chi connectivity index (χ0) is 12.3. The van der Waals surface area contributed by atoms with Crippen LogP contribution >= 0.6 is 0 Å². The Morgan fingerprint density at radius 3 is 1.50 bits per heavy atom. The Bertz CT molecular complexity index is 250. The molecule has 4 nitrogen and oxygen atoms in total. The molecule has 2 amide bonds. The second kappa shape index (κ2) is 5.32. The average Bonchev–Trinajstić information content (AvgIpc) is 2.29. The first kappa shape index (κ1) is 13.0. The Hall–Kier alpha value is -1.06. The van der Waals surface area contributed by atoms with E-state index in [1.165, 1.54) is 0 Å². The van der Waals surface area contributed by atoms with E-state index in [9.17, 15) is 9.59 Å². The van der Waals surface area contributed by atoms with Crippen LogP contribution in [0.1, 0.15) is 53.4 Å². The molecule has 1 fully saturated rings. The molecule has 1 rings (SSSR count). The van der Waals surface area contributed by atoms with Crippen molar-refractivity contribution < 1.29 is 9.59 Å². The number of hydrogen-bond acceptors (Lipinski definition) is 2. The number of rotatable bonds is 4. The van der Waals surface area contributed by atoms with Crippen LogP contribution in [0.2, 0.25) is 0 Å². The molecule has 0 aromatic rings. The molecule has 0 N–H and O–H groups in total. The molecule has 0 aliphatic carbocycles. The van der Waals surface area contributed by atoms with Gasteiger partial charge in [-0.2, -0.15) is 0 Å². The first-order valence-corrected chi connectivity index (χ1v) is 6.16. The number of amides is 2. The van der Waals surface area contributed by atoms with Crippen LogP contribution in [-0.2, 0) is 9.59 Å². The molecule has 1 aliphatic heterocycles. The highest BCUT2D eigenvalue weighted by molar-refractivity contribution is 5.89. The SMILES string of the molecule is CCC(C)N1C(=O)CCC(=O)N1C(C)CC. The average molecular weight is 226 g/mol. The van der Waals surface area contributed by atoms with Gasteiger partial charge in [-0.3, -0.25) is 9.59 Å². The summed E-state index contributed by atoms with van der Waals surface area (Å²) in [6.45, 7) is 8.05. The highest BCUT2D eigenvalue weighted by atomic mass is 16.2. The molecule has 1 aliphatic rings. The Morgan fingerprint density at radius 2 is 1.25 bits per heavy atom. The predicted molar refractivity (Wildman–Crippen MR) is 62.4 cm³/mol. The van der Waals surface area contributed by atoms with Crippen molar-refractivity contribution in [3.05, 3.63) is 0 Å². The van der Waals surface area contributed by atoms with Gasteiger partial charge in [0.1, 0.15) is 0 Å². The van der Waals surface area contributed by atoms with Crippen molar-refractivity contribution in [2.75, 3.05) is 0 Å². The minimum atomic E-state index is 0.0780. The summed E-state index contributed by atoms with van der Waals surface area (Å²) in [5, 5.41) is 3.33. The molecule has 0 aromatic heterocycles. The van der Waals surface area contributed by atoms with Crippen molar-refractivity contribution in [1.29, 1.82) is 0 Å². The molecular weight excluding hydrogens is 204 g/mol. The van der Waals surface area contributed by atoms with Crippen LogP contribution in [0.5, 0.6) is 0 Å².